The van der Waals surface area contributed by atoms with Crippen LogP contribution in [0.4, 0.5) is 0 Å². The van der Waals surface area contributed by atoms with Gasteiger partial charge in [-0.1, -0.05) is 48.9 Å². The molecule has 4 atom stereocenters. The minimum atomic E-state index is 0.0151. The van der Waals surface area contributed by atoms with Crippen LogP contribution in [0, 0.1) is 17.8 Å². The summed E-state index contributed by atoms with van der Waals surface area (Å²) >= 11 is 0. The minimum Gasteiger partial charge on any atom is -0.465 e. The molecule has 3 aliphatic rings. The van der Waals surface area contributed by atoms with Crippen LogP contribution in [0.25, 0.3) is 0 Å². The molecule has 0 spiro atoms. The summed E-state index contributed by atoms with van der Waals surface area (Å²) in [7, 11) is 0. The summed E-state index contributed by atoms with van der Waals surface area (Å²) in [5, 5.41) is 0. The molecule has 2 saturated heterocycles. The van der Waals surface area contributed by atoms with Gasteiger partial charge in [0.1, 0.15) is 0 Å². The Morgan fingerprint density at radius 1 is 0.963 bits per heavy atom. The van der Waals surface area contributed by atoms with Gasteiger partial charge in [0, 0.05) is 12.0 Å². The molecule has 0 radical (unpaired) electrons. The van der Waals surface area contributed by atoms with E-state index in [9.17, 15) is 4.79 Å². The van der Waals surface area contributed by atoms with E-state index in [1.165, 1.54) is 50.8 Å². The third-order valence-corrected chi connectivity index (χ3v) is 6.88. The molecule has 0 N–H and O–H groups in total. The quantitative estimate of drug-likeness (QED) is 0.562. The summed E-state index contributed by atoms with van der Waals surface area (Å²) in [6.45, 7) is 3.10. The van der Waals surface area contributed by atoms with E-state index in [-0.39, 0.29) is 11.9 Å². The van der Waals surface area contributed by atoms with Crippen LogP contribution in [-0.4, -0.2) is 36.6 Å². The van der Waals surface area contributed by atoms with Gasteiger partial charge in [-0.2, -0.15) is 0 Å². The number of fused-ring (bicyclic) bond motifs is 1. The maximum Gasteiger partial charge on any atom is 0.309 e. The highest BCUT2D eigenvalue weighted by atomic mass is 16.5. The molecule has 27 heavy (non-hydrogen) atoms. The number of carbonyl (C=O) groups excluding carboxylic acids is 1. The largest absolute Gasteiger partial charge is 0.465 e. The Kier molecular flexibility index (Phi) is 6.28. The predicted octanol–water partition coefficient (Wildman–Crippen LogP) is 4.62. The predicted molar refractivity (Wildman–Crippen MR) is 108 cm³/mol. The first-order valence-electron chi connectivity index (χ1n) is 10.9. The average Bonchev–Trinajstić information content (AvgIpc) is 2.73. The zero-order chi connectivity index (χ0) is 18.5. The molecule has 0 aromatic heterocycles. The highest BCUT2D eigenvalue weighted by molar-refractivity contribution is 5.73. The standard InChI is InChI=1S/C24H33NO2/c26-24(27-18-21-12-8-16-25-15-7-6-14-23(21)25)22-13-5-4-11-20(22)17-19-9-2-1-3-10-19/h1-5,9-10,20-23H,6-8,11-18H2/t20-,21+,22+,23-/m0/s1. The van der Waals surface area contributed by atoms with Crippen molar-refractivity contribution in [1.29, 1.82) is 0 Å². The molecule has 146 valence electrons. The van der Waals surface area contributed by atoms with Crippen LogP contribution in [0.2, 0.25) is 0 Å². The van der Waals surface area contributed by atoms with E-state index in [0.717, 1.165) is 19.3 Å². The van der Waals surface area contributed by atoms with Crippen molar-refractivity contribution in [2.24, 2.45) is 17.8 Å². The molecule has 3 nitrogen and oxygen atoms in total. The Morgan fingerprint density at radius 3 is 2.67 bits per heavy atom. The van der Waals surface area contributed by atoms with E-state index >= 15 is 0 Å². The van der Waals surface area contributed by atoms with Crippen molar-refractivity contribution in [3.63, 3.8) is 0 Å². The van der Waals surface area contributed by atoms with E-state index < -0.39 is 0 Å². The number of ether oxygens (including phenoxy) is 1. The summed E-state index contributed by atoms with van der Waals surface area (Å²) in [5.41, 5.74) is 1.32. The van der Waals surface area contributed by atoms with Crippen molar-refractivity contribution in [3.8, 4) is 0 Å². The molecule has 1 aromatic rings. The lowest BCUT2D eigenvalue weighted by molar-refractivity contribution is -0.153. The fourth-order valence-corrected chi connectivity index (χ4v) is 5.37. The number of esters is 1. The van der Waals surface area contributed by atoms with E-state index in [0.29, 0.717) is 24.5 Å². The SMILES string of the molecule is O=C(OC[C@H]1CCCN2CCCC[C@@H]12)[C@@H]1CC=CC[C@H]1Cc1ccccc1. The monoisotopic (exact) mass is 367 g/mol. The smallest absolute Gasteiger partial charge is 0.309 e. The third kappa shape index (κ3) is 4.63. The van der Waals surface area contributed by atoms with Gasteiger partial charge in [-0.25, -0.2) is 0 Å². The summed E-state index contributed by atoms with van der Waals surface area (Å²) in [6, 6.07) is 11.2. The molecule has 0 amide bonds. The van der Waals surface area contributed by atoms with E-state index in [2.05, 4.69) is 47.4 Å². The molecule has 1 aliphatic carbocycles. The summed E-state index contributed by atoms with van der Waals surface area (Å²) in [4.78, 5) is 15.6. The maximum absolute atomic E-state index is 12.9. The van der Waals surface area contributed by atoms with Crippen LogP contribution in [0.5, 0.6) is 0 Å². The van der Waals surface area contributed by atoms with Crippen LogP contribution < -0.4 is 0 Å². The van der Waals surface area contributed by atoms with Gasteiger partial charge in [0.2, 0.25) is 0 Å². The van der Waals surface area contributed by atoms with E-state index in [1.807, 2.05) is 0 Å². The number of hydrogen-bond acceptors (Lipinski definition) is 3. The van der Waals surface area contributed by atoms with Crippen molar-refractivity contribution in [1.82, 2.24) is 4.90 Å². The molecular formula is C24H33NO2. The number of nitrogens with zero attached hydrogens (tertiary/aromatic N) is 1. The second-order valence-corrected chi connectivity index (χ2v) is 8.63. The molecule has 2 aliphatic heterocycles. The average molecular weight is 368 g/mol. The summed E-state index contributed by atoms with van der Waals surface area (Å²) in [6.07, 6.45) is 13.6. The number of carbonyl (C=O) groups is 1. The van der Waals surface area contributed by atoms with Crippen LogP contribution >= 0.6 is 0 Å². The Balaban J connectivity index is 1.34. The lowest BCUT2D eigenvalue weighted by atomic mass is 9.79. The highest BCUT2D eigenvalue weighted by Gasteiger charge is 2.35. The molecule has 4 rings (SSSR count). The van der Waals surface area contributed by atoms with Crippen LogP contribution in [-0.2, 0) is 16.0 Å². The normalized spacial score (nSPS) is 31.3. The molecule has 2 heterocycles. The first-order chi connectivity index (χ1) is 13.3. The maximum atomic E-state index is 12.9. The van der Waals surface area contributed by atoms with Gasteiger partial charge in [-0.15, -0.1) is 0 Å². The Morgan fingerprint density at radius 2 is 1.78 bits per heavy atom. The molecule has 3 heteroatoms. The number of piperidine rings is 2. The van der Waals surface area contributed by atoms with Gasteiger partial charge in [0.15, 0.2) is 0 Å². The summed E-state index contributed by atoms with van der Waals surface area (Å²) in [5.74, 6) is 0.951. The highest BCUT2D eigenvalue weighted by Crippen LogP contribution is 2.33. The van der Waals surface area contributed by atoms with Crippen LogP contribution in [0.15, 0.2) is 42.5 Å². The number of hydrogen-bond donors (Lipinski definition) is 0. The van der Waals surface area contributed by atoms with Crippen molar-refractivity contribution < 1.29 is 9.53 Å². The second kappa shape index (κ2) is 9.05. The molecule has 0 bridgehead atoms. The molecule has 2 fully saturated rings. The third-order valence-electron chi connectivity index (χ3n) is 6.88. The molecule has 1 aromatic carbocycles. The first kappa shape index (κ1) is 18.7. The Bertz CT molecular complexity index is 639. The van der Waals surface area contributed by atoms with Gasteiger partial charge >= 0.3 is 5.97 Å². The molecule has 0 saturated carbocycles. The molecular weight excluding hydrogens is 334 g/mol. The zero-order valence-corrected chi connectivity index (χ0v) is 16.4. The number of benzene rings is 1. The van der Waals surface area contributed by atoms with Crippen LogP contribution in [0.3, 0.4) is 0 Å². The van der Waals surface area contributed by atoms with Crippen molar-refractivity contribution in [3.05, 3.63) is 48.0 Å². The lowest BCUT2D eigenvalue weighted by Gasteiger charge is -2.44. The number of rotatable bonds is 5. The fraction of sp³-hybridized carbons (Fsp3) is 0.625. The molecule has 0 unspecified atom stereocenters. The van der Waals surface area contributed by atoms with E-state index in [1.54, 1.807) is 0 Å². The number of allylic oxidation sites excluding steroid dienone is 2. The van der Waals surface area contributed by atoms with Crippen molar-refractivity contribution in [2.75, 3.05) is 19.7 Å². The Labute approximate surface area is 163 Å². The second-order valence-electron chi connectivity index (χ2n) is 8.63. The van der Waals surface area contributed by atoms with E-state index in [4.69, 9.17) is 4.74 Å². The van der Waals surface area contributed by atoms with Gasteiger partial charge in [-0.05, 0) is 69.5 Å². The van der Waals surface area contributed by atoms with Crippen molar-refractivity contribution in [2.45, 2.75) is 57.4 Å². The van der Waals surface area contributed by atoms with Crippen LogP contribution in [0.1, 0.15) is 50.5 Å². The minimum absolute atomic E-state index is 0.0151. The summed E-state index contributed by atoms with van der Waals surface area (Å²) < 4.78 is 5.94. The van der Waals surface area contributed by atoms with Gasteiger partial charge in [0.05, 0.1) is 12.5 Å². The zero-order valence-electron chi connectivity index (χ0n) is 16.4. The topological polar surface area (TPSA) is 29.5 Å². The van der Waals surface area contributed by atoms with Crippen molar-refractivity contribution >= 4 is 5.97 Å². The van der Waals surface area contributed by atoms with Gasteiger partial charge in [-0.3, -0.25) is 9.69 Å². The van der Waals surface area contributed by atoms with Gasteiger partial charge < -0.3 is 4.74 Å². The Hall–Kier alpha value is -1.61. The van der Waals surface area contributed by atoms with Gasteiger partial charge in [0.25, 0.3) is 0 Å². The first-order valence-corrected chi connectivity index (χ1v) is 10.9. The fourth-order valence-electron chi connectivity index (χ4n) is 5.37. The lowest BCUT2D eigenvalue weighted by Crippen LogP contribution is -2.49.